The molecule has 0 aromatic heterocycles. The van der Waals surface area contributed by atoms with Crippen LogP contribution in [0.15, 0.2) is 18.2 Å². The minimum atomic E-state index is -0.376. The van der Waals surface area contributed by atoms with E-state index in [0.717, 1.165) is 24.8 Å². The Bertz CT molecular complexity index is 425. The summed E-state index contributed by atoms with van der Waals surface area (Å²) < 4.78 is 13.7. The molecule has 0 heterocycles. The minimum absolute atomic E-state index is 0.00208. The number of carbonyl (C=O) groups excluding carboxylic acids is 1. The molecule has 0 radical (unpaired) electrons. The smallest absolute Gasteiger partial charge is 0.168 e. The van der Waals surface area contributed by atoms with E-state index in [0.29, 0.717) is 5.92 Å². The average Bonchev–Trinajstić information content (AvgIpc) is 2.31. The molecule has 1 aliphatic rings. The van der Waals surface area contributed by atoms with E-state index < -0.39 is 0 Å². The standard InChI is InChI=1S/C15H19FO/c1-10-4-3-5-12(8-10)15(17)13-9-11(2)6-7-14(13)16/h6-7,9-10,12H,3-5,8H2,1-2H3. The fraction of sp³-hybridized carbons (Fsp3) is 0.533. The quantitative estimate of drug-likeness (QED) is 0.703. The Balaban J connectivity index is 2.21. The molecule has 2 heteroatoms. The average molecular weight is 234 g/mol. The van der Waals surface area contributed by atoms with Gasteiger partial charge in [-0.1, -0.05) is 31.4 Å². The lowest BCUT2D eigenvalue weighted by Gasteiger charge is -2.25. The number of benzene rings is 1. The molecule has 1 fully saturated rings. The molecule has 1 saturated carbocycles. The summed E-state index contributed by atoms with van der Waals surface area (Å²) in [6.07, 6.45) is 4.11. The topological polar surface area (TPSA) is 17.1 Å². The summed E-state index contributed by atoms with van der Waals surface area (Å²) in [7, 11) is 0. The highest BCUT2D eigenvalue weighted by molar-refractivity contribution is 5.98. The molecule has 0 saturated heterocycles. The molecule has 0 N–H and O–H groups in total. The number of rotatable bonds is 2. The number of carbonyl (C=O) groups is 1. The van der Waals surface area contributed by atoms with Crippen LogP contribution in [0.5, 0.6) is 0 Å². The number of Topliss-reactive ketones (excluding diaryl/α,β-unsaturated/α-hetero) is 1. The van der Waals surface area contributed by atoms with E-state index in [4.69, 9.17) is 0 Å². The third-order valence-electron chi connectivity index (χ3n) is 3.69. The molecule has 17 heavy (non-hydrogen) atoms. The molecule has 92 valence electrons. The predicted octanol–water partition coefficient (Wildman–Crippen LogP) is 4.14. The molecule has 1 aromatic rings. The molecular formula is C15H19FO. The van der Waals surface area contributed by atoms with Crippen LogP contribution < -0.4 is 0 Å². The highest BCUT2D eigenvalue weighted by Gasteiger charge is 2.27. The van der Waals surface area contributed by atoms with E-state index in [1.54, 1.807) is 12.1 Å². The molecule has 1 aromatic carbocycles. The van der Waals surface area contributed by atoms with Gasteiger partial charge in [-0.25, -0.2) is 4.39 Å². The van der Waals surface area contributed by atoms with E-state index in [1.165, 1.54) is 12.5 Å². The largest absolute Gasteiger partial charge is 0.294 e. The van der Waals surface area contributed by atoms with Crippen molar-refractivity contribution in [1.29, 1.82) is 0 Å². The molecule has 0 amide bonds. The first-order valence-electron chi connectivity index (χ1n) is 6.38. The van der Waals surface area contributed by atoms with Crippen LogP contribution in [0.2, 0.25) is 0 Å². The third-order valence-corrected chi connectivity index (χ3v) is 3.69. The van der Waals surface area contributed by atoms with Gasteiger partial charge in [0.25, 0.3) is 0 Å². The van der Waals surface area contributed by atoms with Crippen molar-refractivity contribution in [1.82, 2.24) is 0 Å². The first-order valence-corrected chi connectivity index (χ1v) is 6.38. The summed E-state index contributed by atoms with van der Waals surface area (Å²) in [5.41, 5.74) is 1.22. The second kappa shape index (κ2) is 4.99. The fourth-order valence-electron chi connectivity index (χ4n) is 2.72. The SMILES string of the molecule is Cc1ccc(F)c(C(=O)C2CCCC(C)C2)c1. The summed E-state index contributed by atoms with van der Waals surface area (Å²) in [6, 6.07) is 4.78. The van der Waals surface area contributed by atoms with E-state index in [9.17, 15) is 9.18 Å². The maximum absolute atomic E-state index is 13.7. The van der Waals surface area contributed by atoms with Crippen LogP contribution in [0.25, 0.3) is 0 Å². The van der Waals surface area contributed by atoms with Crippen LogP contribution in [0.4, 0.5) is 4.39 Å². The number of hydrogen-bond acceptors (Lipinski definition) is 1. The second-order valence-electron chi connectivity index (χ2n) is 5.32. The van der Waals surface area contributed by atoms with Crippen LogP contribution in [0.1, 0.15) is 48.5 Å². The molecule has 2 rings (SSSR count). The van der Waals surface area contributed by atoms with E-state index in [1.807, 2.05) is 6.92 Å². The van der Waals surface area contributed by atoms with Gasteiger partial charge in [-0.2, -0.15) is 0 Å². The van der Waals surface area contributed by atoms with Crippen LogP contribution in [0, 0.1) is 24.6 Å². The number of halogens is 1. The van der Waals surface area contributed by atoms with Crippen molar-refractivity contribution >= 4 is 5.78 Å². The minimum Gasteiger partial charge on any atom is -0.294 e. The van der Waals surface area contributed by atoms with Gasteiger partial charge in [0.1, 0.15) is 5.82 Å². The Kier molecular flexibility index (Phi) is 3.60. The maximum Gasteiger partial charge on any atom is 0.168 e. The number of ketones is 1. The van der Waals surface area contributed by atoms with Crippen molar-refractivity contribution in [3.8, 4) is 0 Å². The van der Waals surface area contributed by atoms with Crippen LogP contribution in [-0.2, 0) is 0 Å². The summed E-state index contributed by atoms with van der Waals surface area (Å²) >= 11 is 0. The van der Waals surface area contributed by atoms with Gasteiger partial charge in [-0.3, -0.25) is 4.79 Å². The van der Waals surface area contributed by atoms with Crippen molar-refractivity contribution in [3.05, 3.63) is 35.1 Å². The van der Waals surface area contributed by atoms with Gasteiger partial charge in [0.2, 0.25) is 0 Å². The van der Waals surface area contributed by atoms with Gasteiger partial charge in [-0.15, -0.1) is 0 Å². The van der Waals surface area contributed by atoms with E-state index >= 15 is 0 Å². The van der Waals surface area contributed by atoms with Gasteiger partial charge in [0, 0.05) is 5.92 Å². The molecular weight excluding hydrogens is 215 g/mol. The zero-order valence-electron chi connectivity index (χ0n) is 10.5. The monoisotopic (exact) mass is 234 g/mol. The zero-order valence-corrected chi connectivity index (χ0v) is 10.5. The zero-order chi connectivity index (χ0) is 12.4. The van der Waals surface area contributed by atoms with Crippen LogP contribution >= 0.6 is 0 Å². The van der Waals surface area contributed by atoms with Crippen LogP contribution in [0.3, 0.4) is 0 Å². The first kappa shape index (κ1) is 12.3. The van der Waals surface area contributed by atoms with Gasteiger partial charge >= 0.3 is 0 Å². The van der Waals surface area contributed by atoms with Gasteiger partial charge in [0.15, 0.2) is 5.78 Å². The van der Waals surface area contributed by atoms with E-state index in [2.05, 4.69) is 6.92 Å². The van der Waals surface area contributed by atoms with Gasteiger partial charge < -0.3 is 0 Å². The Morgan fingerprint density at radius 3 is 2.82 bits per heavy atom. The highest BCUT2D eigenvalue weighted by Crippen LogP contribution is 2.31. The molecule has 1 aliphatic carbocycles. The Hall–Kier alpha value is -1.18. The summed E-state index contributed by atoms with van der Waals surface area (Å²) in [6.45, 7) is 4.06. The van der Waals surface area contributed by atoms with Crippen molar-refractivity contribution in [2.45, 2.75) is 39.5 Å². The molecule has 0 aliphatic heterocycles. The van der Waals surface area contributed by atoms with E-state index in [-0.39, 0.29) is 23.1 Å². The maximum atomic E-state index is 13.7. The lowest BCUT2D eigenvalue weighted by atomic mass is 9.78. The Labute approximate surface area is 102 Å². The number of hydrogen-bond donors (Lipinski definition) is 0. The third kappa shape index (κ3) is 2.74. The van der Waals surface area contributed by atoms with Crippen molar-refractivity contribution in [2.24, 2.45) is 11.8 Å². The molecule has 0 bridgehead atoms. The van der Waals surface area contributed by atoms with Crippen molar-refractivity contribution in [3.63, 3.8) is 0 Å². The van der Waals surface area contributed by atoms with Gasteiger partial charge in [-0.05, 0) is 37.8 Å². The van der Waals surface area contributed by atoms with Gasteiger partial charge in [0.05, 0.1) is 5.56 Å². The lowest BCUT2D eigenvalue weighted by Crippen LogP contribution is -2.22. The summed E-state index contributed by atoms with van der Waals surface area (Å²) in [5, 5.41) is 0. The molecule has 2 atom stereocenters. The highest BCUT2D eigenvalue weighted by atomic mass is 19.1. The first-order chi connectivity index (χ1) is 8.08. The Morgan fingerprint density at radius 1 is 1.35 bits per heavy atom. The Morgan fingerprint density at radius 2 is 2.12 bits per heavy atom. The number of aryl methyl sites for hydroxylation is 1. The predicted molar refractivity (Wildman–Crippen MR) is 66.6 cm³/mol. The fourth-order valence-corrected chi connectivity index (χ4v) is 2.72. The van der Waals surface area contributed by atoms with Crippen LogP contribution in [-0.4, -0.2) is 5.78 Å². The summed E-state index contributed by atoms with van der Waals surface area (Å²) in [5.74, 6) is 0.234. The molecule has 2 unspecified atom stereocenters. The molecule has 0 spiro atoms. The lowest BCUT2D eigenvalue weighted by molar-refractivity contribution is 0.0864. The van der Waals surface area contributed by atoms with Crippen molar-refractivity contribution in [2.75, 3.05) is 0 Å². The molecule has 1 nitrogen and oxygen atoms in total. The second-order valence-corrected chi connectivity index (χ2v) is 5.32. The summed E-state index contributed by atoms with van der Waals surface area (Å²) in [4.78, 5) is 12.3. The van der Waals surface area contributed by atoms with Crippen molar-refractivity contribution < 1.29 is 9.18 Å². The normalized spacial score (nSPS) is 24.6.